The summed E-state index contributed by atoms with van der Waals surface area (Å²) in [5.74, 6) is -0.787. The molecule has 0 unspecified atom stereocenters. The van der Waals surface area contributed by atoms with Gasteiger partial charge in [-0.15, -0.1) is 0 Å². The Labute approximate surface area is 182 Å². The third-order valence-electron chi connectivity index (χ3n) is 4.94. The van der Waals surface area contributed by atoms with E-state index in [-0.39, 0.29) is 41.4 Å². The topological polar surface area (TPSA) is 89.5 Å². The molecule has 6 nitrogen and oxygen atoms in total. The fraction of sp³-hybridized carbons (Fsp3) is 0.250. The number of anilines is 1. The number of hydrogen-bond acceptors (Lipinski definition) is 5. The highest BCUT2D eigenvalue weighted by atomic mass is 32.2. The summed E-state index contributed by atoms with van der Waals surface area (Å²) in [5, 5.41) is 1.40. The first kappa shape index (κ1) is 22.5. The number of esters is 1. The van der Waals surface area contributed by atoms with E-state index < -0.39 is 16.0 Å². The lowest BCUT2D eigenvalue weighted by Crippen LogP contribution is -2.17. The molecule has 0 bridgehead atoms. The van der Waals surface area contributed by atoms with Crippen molar-refractivity contribution < 1.29 is 22.7 Å². The molecule has 0 radical (unpaired) electrons. The van der Waals surface area contributed by atoms with Gasteiger partial charge in [-0.1, -0.05) is 49.4 Å². The number of aryl methyl sites for hydroxylation is 1. The van der Waals surface area contributed by atoms with Gasteiger partial charge in [0.15, 0.2) is 5.78 Å². The van der Waals surface area contributed by atoms with E-state index in [9.17, 15) is 18.0 Å². The van der Waals surface area contributed by atoms with Gasteiger partial charge < -0.3 is 4.74 Å². The summed E-state index contributed by atoms with van der Waals surface area (Å²) in [6.07, 6.45) is 0.561. The molecule has 0 aliphatic rings. The number of sulfonamides is 1. The van der Waals surface area contributed by atoms with Gasteiger partial charge in [-0.2, -0.15) is 0 Å². The molecule has 0 saturated carbocycles. The molecule has 3 aromatic carbocycles. The Morgan fingerprint density at radius 1 is 0.935 bits per heavy atom. The third kappa shape index (κ3) is 5.30. The Bertz CT molecular complexity index is 1210. The van der Waals surface area contributed by atoms with E-state index in [4.69, 9.17) is 4.74 Å². The maximum atomic E-state index is 13.2. The molecule has 0 spiro atoms. The molecule has 0 amide bonds. The van der Waals surface area contributed by atoms with Gasteiger partial charge in [0.25, 0.3) is 10.0 Å². The molecular formula is C24H25NO5S. The first-order valence-electron chi connectivity index (χ1n) is 10.2. The molecule has 0 aliphatic heterocycles. The minimum absolute atomic E-state index is 0.0578. The number of rotatable bonds is 9. The van der Waals surface area contributed by atoms with Gasteiger partial charge in [0, 0.05) is 17.4 Å². The zero-order valence-corrected chi connectivity index (χ0v) is 18.4. The van der Waals surface area contributed by atoms with E-state index >= 15 is 0 Å². The maximum absolute atomic E-state index is 13.2. The fourth-order valence-corrected chi connectivity index (χ4v) is 4.65. The Morgan fingerprint density at radius 2 is 1.68 bits per heavy atom. The van der Waals surface area contributed by atoms with E-state index in [0.717, 1.165) is 10.9 Å². The van der Waals surface area contributed by atoms with Crippen molar-refractivity contribution in [3.63, 3.8) is 0 Å². The van der Waals surface area contributed by atoms with Gasteiger partial charge in [-0.05, 0) is 42.5 Å². The van der Waals surface area contributed by atoms with Crippen LogP contribution in [-0.2, 0) is 26.0 Å². The van der Waals surface area contributed by atoms with Crippen LogP contribution in [0.3, 0.4) is 0 Å². The normalized spacial score (nSPS) is 11.3. The summed E-state index contributed by atoms with van der Waals surface area (Å²) >= 11 is 0. The van der Waals surface area contributed by atoms with Crippen molar-refractivity contribution in [1.82, 2.24) is 0 Å². The molecule has 1 N–H and O–H groups in total. The number of nitrogens with one attached hydrogen (secondary N) is 1. The van der Waals surface area contributed by atoms with Crippen LogP contribution < -0.4 is 4.72 Å². The van der Waals surface area contributed by atoms with Crippen molar-refractivity contribution in [2.75, 3.05) is 11.3 Å². The van der Waals surface area contributed by atoms with E-state index in [1.165, 1.54) is 6.07 Å². The van der Waals surface area contributed by atoms with Gasteiger partial charge in [0.2, 0.25) is 0 Å². The van der Waals surface area contributed by atoms with E-state index in [0.29, 0.717) is 11.8 Å². The number of hydrogen-bond donors (Lipinski definition) is 1. The molecule has 0 atom stereocenters. The van der Waals surface area contributed by atoms with Crippen LogP contribution in [0.25, 0.3) is 10.8 Å². The average molecular weight is 440 g/mol. The van der Waals surface area contributed by atoms with Crippen LogP contribution in [0.15, 0.2) is 65.6 Å². The van der Waals surface area contributed by atoms with Crippen molar-refractivity contribution >= 4 is 38.2 Å². The number of carbonyl (C=O) groups is 2. The summed E-state index contributed by atoms with van der Waals surface area (Å²) in [4.78, 5) is 24.5. The lowest BCUT2D eigenvalue weighted by atomic mass is 10.0. The number of carbonyl (C=O) groups excluding carboxylic acids is 2. The molecule has 31 heavy (non-hydrogen) atoms. The molecule has 7 heteroatoms. The molecular weight excluding hydrogens is 414 g/mol. The van der Waals surface area contributed by atoms with Crippen molar-refractivity contribution in [2.24, 2.45) is 0 Å². The van der Waals surface area contributed by atoms with E-state index in [1.54, 1.807) is 43.3 Å². The van der Waals surface area contributed by atoms with Gasteiger partial charge in [0.05, 0.1) is 23.6 Å². The Kier molecular flexibility index (Phi) is 7.07. The molecule has 162 valence electrons. The highest BCUT2D eigenvalue weighted by Gasteiger charge is 2.21. The predicted octanol–water partition coefficient (Wildman–Crippen LogP) is 4.73. The number of benzene rings is 3. The largest absolute Gasteiger partial charge is 0.466 e. The van der Waals surface area contributed by atoms with E-state index in [1.807, 2.05) is 25.1 Å². The number of Topliss-reactive ketones (excluding diaryl/α,β-unsaturated/α-hetero) is 1. The van der Waals surface area contributed by atoms with Crippen molar-refractivity contribution in [1.29, 1.82) is 0 Å². The molecule has 3 aromatic rings. The first-order chi connectivity index (χ1) is 14.9. The van der Waals surface area contributed by atoms with Crippen LogP contribution in [0.2, 0.25) is 0 Å². The standard InChI is InChI=1S/C24H25NO5S/c1-3-17-12-13-20(22(26)14-15-24(27)30-4-2)21(16-17)25-31(28,29)23-11-7-9-18-8-5-6-10-19(18)23/h5-13,16,25H,3-4,14-15H2,1-2H3. The van der Waals surface area contributed by atoms with Gasteiger partial charge in [0.1, 0.15) is 0 Å². The first-order valence-corrected chi connectivity index (χ1v) is 11.7. The fourth-order valence-electron chi connectivity index (χ4n) is 3.35. The number of ketones is 1. The summed E-state index contributed by atoms with van der Waals surface area (Å²) < 4.78 is 34.0. The Balaban J connectivity index is 1.95. The van der Waals surface area contributed by atoms with Crippen LogP contribution in [0.1, 0.15) is 42.6 Å². The summed E-state index contributed by atoms with van der Waals surface area (Å²) in [5.41, 5.74) is 1.32. The summed E-state index contributed by atoms with van der Waals surface area (Å²) in [6.45, 7) is 3.89. The summed E-state index contributed by atoms with van der Waals surface area (Å²) in [7, 11) is -3.95. The SMILES string of the molecule is CCOC(=O)CCC(=O)c1ccc(CC)cc1NS(=O)(=O)c1cccc2ccccc12. The highest BCUT2D eigenvalue weighted by molar-refractivity contribution is 7.93. The van der Waals surface area contributed by atoms with Crippen LogP contribution in [0.4, 0.5) is 5.69 Å². The van der Waals surface area contributed by atoms with E-state index in [2.05, 4.69) is 4.72 Å². The lowest BCUT2D eigenvalue weighted by molar-refractivity contribution is -0.143. The molecule has 0 aliphatic carbocycles. The molecule has 0 heterocycles. The second kappa shape index (κ2) is 9.75. The van der Waals surface area contributed by atoms with Gasteiger partial charge >= 0.3 is 5.97 Å². The van der Waals surface area contributed by atoms with Crippen molar-refractivity contribution in [2.45, 2.75) is 38.0 Å². The molecule has 3 rings (SSSR count). The number of ether oxygens (including phenoxy) is 1. The van der Waals surface area contributed by atoms with Crippen LogP contribution in [0.5, 0.6) is 0 Å². The zero-order chi connectivity index (χ0) is 22.4. The lowest BCUT2D eigenvalue weighted by Gasteiger charge is -2.15. The van der Waals surface area contributed by atoms with Crippen LogP contribution in [0, 0.1) is 0 Å². The predicted molar refractivity (Wildman–Crippen MR) is 121 cm³/mol. The second-order valence-corrected chi connectivity index (χ2v) is 8.70. The molecule has 0 saturated heterocycles. The van der Waals surface area contributed by atoms with Crippen LogP contribution >= 0.6 is 0 Å². The monoisotopic (exact) mass is 439 g/mol. The minimum atomic E-state index is -3.95. The Morgan fingerprint density at radius 3 is 2.42 bits per heavy atom. The van der Waals surface area contributed by atoms with Gasteiger partial charge in [-0.3, -0.25) is 14.3 Å². The van der Waals surface area contributed by atoms with Crippen molar-refractivity contribution in [3.8, 4) is 0 Å². The van der Waals surface area contributed by atoms with Crippen molar-refractivity contribution in [3.05, 3.63) is 71.8 Å². The highest BCUT2D eigenvalue weighted by Crippen LogP contribution is 2.28. The Hall–Kier alpha value is -3.19. The third-order valence-corrected chi connectivity index (χ3v) is 6.36. The maximum Gasteiger partial charge on any atom is 0.306 e. The minimum Gasteiger partial charge on any atom is -0.466 e. The smallest absolute Gasteiger partial charge is 0.306 e. The van der Waals surface area contributed by atoms with Crippen LogP contribution in [-0.4, -0.2) is 26.8 Å². The quantitative estimate of drug-likeness (QED) is 0.385. The molecule has 0 aromatic heterocycles. The zero-order valence-electron chi connectivity index (χ0n) is 17.6. The summed E-state index contributed by atoms with van der Waals surface area (Å²) in [6, 6.07) is 17.3. The van der Waals surface area contributed by atoms with Gasteiger partial charge in [-0.25, -0.2) is 8.42 Å². The second-order valence-electron chi connectivity index (χ2n) is 7.04. The molecule has 0 fully saturated rings. The number of fused-ring (bicyclic) bond motifs is 1. The average Bonchev–Trinajstić information content (AvgIpc) is 2.77.